The molecule has 0 aliphatic heterocycles. The van der Waals surface area contributed by atoms with Crippen molar-refractivity contribution in [2.45, 2.75) is 25.0 Å². The highest BCUT2D eigenvalue weighted by Crippen LogP contribution is 2.11. The Bertz CT molecular complexity index is 687. The first-order valence-electron chi connectivity index (χ1n) is 6.20. The van der Waals surface area contributed by atoms with Crippen molar-refractivity contribution in [2.24, 2.45) is 12.8 Å². The molecule has 0 unspecified atom stereocenters. The molecule has 1 aromatic heterocycles. The first-order valence-corrected chi connectivity index (χ1v) is 7.69. The SMILES string of the molecule is Cc1nc(S(=O)(=O)NCc2ccccc2CN)cn1C. The highest BCUT2D eigenvalue weighted by atomic mass is 32.2. The third kappa shape index (κ3) is 3.06. The second kappa shape index (κ2) is 5.74. The van der Waals surface area contributed by atoms with Gasteiger partial charge in [0, 0.05) is 26.3 Å². The zero-order valence-corrected chi connectivity index (χ0v) is 12.3. The van der Waals surface area contributed by atoms with Gasteiger partial charge in [0.1, 0.15) is 5.82 Å². The topological polar surface area (TPSA) is 90.0 Å². The van der Waals surface area contributed by atoms with E-state index in [4.69, 9.17) is 5.73 Å². The predicted octanol–water partition coefficient (Wildman–Crippen LogP) is 0.666. The molecule has 0 atom stereocenters. The van der Waals surface area contributed by atoms with Gasteiger partial charge >= 0.3 is 0 Å². The lowest BCUT2D eigenvalue weighted by Crippen LogP contribution is -2.24. The summed E-state index contributed by atoms with van der Waals surface area (Å²) in [6, 6.07) is 7.47. The molecule has 2 aromatic rings. The highest BCUT2D eigenvalue weighted by molar-refractivity contribution is 7.89. The molecule has 1 heterocycles. The molecule has 2 rings (SSSR count). The van der Waals surface area contributed by atoms with Crippen LogP contribution in [0.5, 0.6) is 0 Å². The number of nitrogens with zero attached hydrogens (tertiary/aromatic N) is 2. The van der Waals surface area contributed by atoms with Crippen LogP contribution in [-0.2, 0) is 30.2 Å². The number of benzene rings is 1. The van der Waals surface area contributed by atoms with Crippen LogP contribution < -0.4 is 10.5 Å². The number of rotatable bonds is 5. The second-order valence-electron chi connectivity index (χ2n) is 4.53. The maximum absolute atomic E-state index is 12.2. The fourth-order valence-corrected chi connectivity index (χ4v) is 2.87. The number of sulfonamides is 1. The summed E-state index contributed by atoms with van der Waals surface area (Å²) in [6.45, 7) is 2.33. The standard InChI is InChI=1S/C13H18N4O2S/c1-10-16-13(9-17(10)2)20(18,19)15-8-12-6-4-3-5-11(12)7-14/h3-6,9,15H,7-8,14H2,1-2H3. The van der Waals surface area contributed by atoms with Crippen molar-refractivity contribution < 1.29 is 8.42 Å². The van der Waals surface area contributed by atoms with E-state index >= 15 is 0 Å². The van der Waals surface area contributed by atoms with Gasteiger partial charge in [0.2, 0.25) is 0 Å². The molecule has 108 valence electrons. The summed E-state index contributed by atoms with van der Waals surface area (Å²) in [5.41, 5.74) is 7.42. The van der Waals surface area contributed by atoms with Crippen molar-refractivity contribution in [1.29, 1.82) is 0 Å². The lowest BCUT2D eigenvalue weighted by Gasteiger charge is -2.08. The first-order chi connectivity index (χ1) is 9.44. The van der Waals surface area contributed by atoms with E-state index in [9.17, 15) is 8.42 Å². The number of nitrogens with two attached hydrogens (primary N) is 1. The van der Waals surface area contributed by atoms with Crippen LogP contribution in [-0.4, -0.2) is 18.0 Å². The Morgan fingerprint density at radius 2 is 1.95 bits per heavy atom. The fourth-order valence-electron chi connectivity index (χ4n) is 1.83. The molecule has 6 nitrogen and oxygen atoms in total. The normalized spacial score (nSPS) is 11.8. The van der Waals surface area contributed by atoms with E-state index in [0.717, 1.165) is 11.1 Å². The average Bonchev–Trinajstić information content (AvgIpc) is 2.78. The molecular formula is C13H18N4O2S. The number of hydrogen-bond acceptors (Lipinski definition) is 4. The van der Waals surface area contributed by atoms with Gasteiger partial charge < -0.3 is 10.3 Å². The Kier molecular flexibility index (Phi) is 4.22. The number of imidazole rings is 1. The van der Waals surface area contributed by atoms with Gasteiger partial charge in [0.05, 0.1) is 0 Å². The Labute approximate surface area is 118 Å². The number of aromatic nitrogens is 2. The van der Waals surface area contributed by atoms with Gasteiger partial charge in [-0.25, -0.2) is 18.1 Å². The van der Waals surface area contributed by atoms with Crippen LogP contribution in [0, 0.1) is 6.92 Å². The van der Waals surface area contributed by atoms with E-state index in [1.807, 2.05) is 24.3 Å². The molecule has 0 saturated heterocycles. The van der Waals surface area contributed by atoms with Crippen LogP contribution in [0.3, 0.4) is 0 Å². The van der Waals surface area contributed by atoms with Crippen LogP contribution in [0.4, 0.5) is 0 Å². The summed E-state index contributed by atoms with van der Waals surface area (Å²) >= 11 is 0. The monoisotopic (exact) mass is 294 g/mol. The van der Waals surface area contributed by atoms with Gasteiger partial charge in [0.25, 0.3) is 10.0 Å². The maximum atomic E-state index is 12.2. The third-order valence-corrected chi connectivity index (χ3v) is 4.42. The molecule has 0 fully saturated rings. The van der Waals surface area contributed by atoms with Gasteiger partial charge in [-0.15, -0.1) is 0 Å². The minimum absolute atomic E-state index is 0.0303. The predicted molar refractivity (Wildman–Crippen MR) is 76.3 cm³/mol. The summed E-state index contributed by atoms with van der Waals surface area (Å²) in [6.07, 6.45) is 1.49. The van der Waals surface area contributed by atoms with Crippen molar-refractivity contribution in [1.82, 2.24) is 14.3 Å². The van der Waals surface area contributed by atoms with Gasteiger partial charge in [-0.1, -0.05) is 24.3 Å². The summed E-state index contributed by atoms with van der Waals surface area (Å²) in [5.74, 6) is 0.646. The minimum atomic E-state index is -3.61. The second-order valence-corrected chi connectivity index (χ2v) is 6.25. The third-order valence-electron chi connectivity index (χ3n) is 3.15. The van der Waals surface area contributed by atoms with Crippen molar-refractivity contribution in [3.8, 4) is 0 Å². The van der Waals surface area contributed by atoms with E-state index in [-0.39, 0.29) is 11.6 Å². The quantitative estimate of drug-likeness (QED) is 0.848. The summed E-state index contributed by atoms with van der Waals surface area (Å²) in [7, 11) is -1.85. The highest BCUT2D eigenvalue weighted by Gasteiger charge is 2.18. The molecule has 0 spiro atoms. The molecule has 0 aliphatic carbocycles. The number of aryl methyl sites for hydroxylation is 2. The zero-order valence-electron chi connectivity index (χ0n) is 11.5. The molecule has 0 amide bonds. The van der Waals surface area contributed by atoms with Crippen LogP contribution >= 0.6 is 0 Å². The van der Waals surface area contributed by atoms with Crippen LogP contribution in [0.25, 0.3) is 0 Å². The number of hydrogen-bond donors (Lipinski definition) is 2. The molecule has 3 N–H and O–H groups in total. The van der Waals surface area contributed by atoms with Crippen molar-refractivity contribution in [3.63, 3.8) is 0 Å². The Morgan fingerprint density at radius 1 is 1.30 bits per heavy atom. The zero-order chi connectivity index (χ0) is 14.8. The number of nitrogens with one attached hydrogen (secondary N) is 1. The molecule has 20 heavy (non-hydrogen) atoms. The van der Waals surface area contributed by atoms with Gasteiger partial charge in [-0.3, -0.25) is 0 Å². The average molecular weight is 294 g/mol. The Hall–Kier alpha value is -1.70. The molecule has 0 radical (unpaired) electrons. The molecule has 0 bridgehead atoms. The Balaban J connectivity index is 2.17. The van der Waals surface area contributed by atoms with E-state index in [1.165, 1.54) is 6.20 Å². The van der Waals surface area contributed by atoms with Crippen molar-refractivity contribution in [3.05, 3.63) is 47.4 Å². The van der Waals surface area contributed by atoms with Crippen LogP contribution in [0.1, 0.15) is 17.0 Å². The van der Waals surface area contributed by atoms with Crippen LogP contribution in [0.15, 0.2) is 35.5 Å². The lowest BCUT2D eigenvalue weighted by atomic mass is 10.1. The first kappa shape index (κ1) is 14.7. The molecule has 0 aliphatic rings. The molecule has 1 aromatic carbocycles. The minimum Gasteiger partial charge on any atom is -0.337 e. The lowest BCUT2D eigenvalue weighted by molar-refractivity contribution is 0.577. The van der Waals surface area contributed by atoms with Crippen molar-refractivity contribution >= 4 is 10.0 Å². The maximum Gasteiger partial charge on any atom is 0.259 e. The van der Waals surface area contributed by atoms with E-state index in [2.05, 4.69) is 9.71 Å². The molecule has 0 saturated carbocycles. The van der Waals surface area contributed by atoms with Crippen LogP contribution in [0.2, 0.25) is 0 Å². The van der Waals surface area contributed by atoms with E-state index < -0.39 is 10.0 Å². The smallest absolute Gasteiger partial charge is 0.259 e. The van der Waals surface area contributed by atoms with Gasteiger partial charge in [-0.05, 0) is 18.1 Å². The van der Waals surface area contributed by atoms with E-state index in [0.29, 0.717) is 12.4 Å². The molecular weight excluding hydrogens is 276 g/mol. The summed E-state index contributed by atoms with van der Waals surface area (Å²) in [5, 5.41) is 0.0303. The fraction of sp³-hybridized carbons (Fsp3) is 0.308. The van der Waals surface area contributed by atoms with Gasteiger partial charge in [-0.2, -0.15) is 0 Å². The summed E-state index contributed by atoms with van der Waals surface area (Å²) in [4.78, 5) is 4.02. The van der Waals surface area contributed by atoms with E-state index in [1.54, 1.807) is 18.5 Å². The summed E-state index contributed by atoms with van der Waals surface area (Å²) < 4.78 is 28.5. The molecule has 7 heteroatoms. The van der Waals surface area contributed by atoms with Gasteiger partial charge in [0.15, 0.2) is 5.03 Å². The largest absolute Gasteiger partial charge is 0.337 e. The Morgan fingerprint density at radius 3 is 2.50 bits per heavy atom. The van der Waals surface area contributed by atoms with Crippen molar-refractivity contribution in [2.75, 3.05) is 0 Å².